The monoisotopic (exact) mass is 493 g/mol. The average molecular weight is 494 g/mol. The van der Waals surface area contributed by atoms with Gasteiger partial charge in [0.05, 0.1) is 16.6 Å². The summed E-state index contributed by atoms with van der Waals surface area (Å²) in [5.74, 6) is 1.26. The van der Waals surface area contributed by atoms with E-state index in [1.807, 2.05) is 25.1 Å². The zero-order valence-corrected chi connectivity index (χ0v) is 21.2. The maximum atomic E-state index is 12.5. The Bertz CT molecular complexity index is 1110. The number of nitrogens with zero attached hydrogens (tertiary/aromatic N) is 2. The molecule has 33 heavy (non-hydrogen) atoms. The van der Waals surface area contributed by atoms with Crippen molar-refractivity contribution in [3.63, 3.8) is 0 Å². The van der Waals surface area contributed by atoms with Gasteiger partial charge in [0.2, 0.25) is 0 Å². The van der Waals surface area contributed by atoms with Crippen LogP contribution in [-0.4, -0.2) is 66.0 Å². The third-order valence-corrected chi connectivity index (χ3v) is 7.77. The highest BCUT2D eigenvalue weighted by atomic mass is 35.5. The number of rotatable bonds is 6. The fourth-order valence-corrected chi connectivity index (χ4v) is 5.62. The fraction of sp³-hybridized carbons (Fsp3) is 0.500. The van der Waals surface area contributed by atoms with Gasteiger partial charge >= 0.3 is 0 Å². The molecule has 0 amide bonds. The van der Waals surface area contributed by atoms with E-state index in [0.717, 1.165) is 37.2 Å². The lowest BCUT2D eigenvalue weighted by molar-refractivity contribution is 0.169. The van der Waals surface area contributed by atoms with E-state index >= 15 is 0 Å². The summed E-state index contributed by atoms with van der Waals surface area (Å²) in [6.45, 7) is 4.76. The number of halogens is 1. The van der Waals surface area contributed by atoms with Gasteiger partial charge in [0, 0.05) is 47.7 Å². The molecule has 2 aromatic carbocycles. The quantitative estimate of drug-likeness (QED) is 0.646. The van der Waals surface area contributed by atoms with Crippen molar-refractivity contribution in [3.8, 4) is 11.5 Å². The molecule has 2 heterocycles. The minimum absolute atomic E-state index is 0.255. The molecule has 0 bridgehead atoms. The van der Waals surface area contributed by atoms with Gasteiger partial charge in [-0.05, 0) is 58.1 Å². The van der Waals surface area contributed by atoms with E-state index in [9.17, 15) is 8.42 Å². The number of sulfone groups is 1. The van der Waals surface area contributed by atoms with Crippen LogP contribution in [0.3, 0.4) is 0 Å². The molecule has 0 aliphatic carbocycles. The van der Waals surface area contributed by atoms with E-state index in [1.54, 1.807) is 12.1 Å². The van der Waals surface area contributed by atoms with Gasteiger partial charge in [-0.2, -0.15) is 0 Å². The third kappa shape index (κ3) is 5.34. The summed E-state index contributed by atoms with van der Waals surface area (Å²) in [7, 11) is 0.814. The predicted molar refractivity (Wildman–Crippen MR) is 133 cm³/mol. The van der Waals surface area contributed by atoms with Crippen molar-refractivity contribution >= 4 is 32.8 Å². The Balaban J connectivity index is 1.64. The highest BCUT2D eigenvalue weighted by Crippen LogP contribution is 2.41. The molecule has 180 valence electrons. The van der Waals surface area contributed by atoms with Gasteiger partial charge in [0.15, 0.2) is 21.3 Å². The lowest BCUT2D eigenvalue weighted by Gasteiger charge is -2.36. The van der Waals surface area contributed by atoms with E-state index in [2.05, 4.69) is 29.2 Å². The van der Waals surface area contributed by atoms with Crippen LogP contribution in [0.5, 0.6) is 11.5 Å². The molecule has 0 spiro atoms. The van der Waals surface area contributed by atoms with Crippen LogP contribution < -0.4 is 19.7 Å². The number of piperidine rings is 1. The van der Waals surface area contributed by atoms with E-state index in [-0.39, 0.29) is 10.9 Å². The summed E-state index contributed by atoms with van der Waals surface area (Å²) in [5.41, 5.74) is 2.42. The van der Waals surface area contributed by atoms with Gasteiger partial charge in [-0.3, -0.25) is 0 Å². The minimum atomic E-state index is -3.42. The third-order valence-electron chi connectivity index (χ3n) is 6.40. The lowest BCUT2D eigenvalue weighted by atomic mass is 10.0. The van der Waals surface area contributed by atoms with Gasteiger partial charge in [-0.1, -0.05) is 11.6 Å². The molecule has 1 fully saturated rings. The topological polar surface area (TPSA) is 71.1 Å². The summed E-state index contributed by atoms with van der Waals surface area (Å²) in [6.07, 6.45) is 3.39. The van der Waals surface area contributed by atoms with Gasteiger partial charge in [0.1, 0.15) is 13.2 Å². The number of ether oxygens (including phenoxy) is 2. The Hall–Kier alpha value is -2.16. The lowest BCUT2D eigenvalue weighted by Crippen LogP contribution is -2.42. The molecule has 1 atom stereocenters. The SMILES string of the molecule is CC(Nc1cc(N2CCC(N(C)C)CC2)ccc1S(C)(=O)=O)c1cc(Cl)cc2c1OCCO2. The molecule has 2 aromatic rings. The van der Waals surface area contributed by atoms with E-state index in [4.69, 9.17) is 21.1 Å². The van der Waals surface area contributed by atoms with Crippen LogP contribution in [0, 0.1) is 0 Å². The van der Waals surface area contributed by atoms with Crippen LogP contribution in [0.4, 0.5) is 11.4 Å². The molecule has 1 saturated heterocycles. The van der Waals surface area contributed by atoms with Crippen LogP contribution >= 0.6 is 11.6 Å². The molecule has 0 aromatic heterocycles. The first kappa shape index (κ1) is 24.0. The second-order valence-electron chi connectivity index (χ2n) is 9.02. The predicted octanol–water partition coefficient (Wildman–Crippen LogP) is 4.22. The first-order valence-electron chi connectivity index (χ1n) is 11.2. The molecule has 0 saturated carbocycles. The van der Waals surface area contributed by atoms with Crippen molar-refractivity contribution in [3.05, 3.63) is 40.9 Å². The zero-order valence-electron chi connectivity index (χ0n) is 19.6. The second-order valence-corrected chi connectivity index (χ2v) is 11.4. The number of benzene rings is 2. The van der Waals surface area contributed by atoms with Gasteiger partial charge in [-0.15, -0.1) is 0 Å². The Labute approximate surface area is 201 Å². The largest absolute Gasteiger partial charge is 0.486 e. The minimum Gasteiger partial charge on any atom is -0.486 e. The van der Waals surface area contributed by atoms with Crippen molar-refractivity contribution in [1.82, 2.24) is 4.90 Å². The van der Waals surface area contributed by atoms with Crippen LogP contribution in [0.25, 0.3) is 0 Å². The Kier molecular flexibility index (Phi) is 6.98. The van der Waals surface area contributed by atoms with Gasteiger partial charge < -0.3 is 24.6 Å². The summed E-state index contributed by atoms with van der Waals surface area (Å²) in [4.78, 5) is 4.87. The van der Waals surface area contributed by atoms with Crippen LogP contribution in [-0.2, 0) is 9.84 Å². The number of hydrogen-bond acceptors (Lipinski definition) is 7. The van der Waals surface area contributed by atoms with E-state index in [1.165, 1.54) is 6.26 Å². The number of fused-ring (bicyclic) bond motifs is 1. The number of anilines is 2. The molecule has 2 aliphatic heterocycles. The first-order chi connectivity index (χ1) is 15.6. The number of nitrogens with one attached hydrogen (secondary N) is 1. The van der Waals surface area contributed by atoms with Crippen molar-refractivity contribution in [2.24, 2.45) is 0 Å². The van der Waals surface area contributed by atoms with Crippen molar-refractivity contribution in [2.45, 2.75) is 36.7 Å². The molecule has 1 N–H and O–H groups in total. The smallest absolute Gasteiger partial charge is 0.177 e. The Morgan fingerprint density at radius 3 is 2.48 bits per heavy atom. The van der Waals surface area contributed by atoms with Crippen molar-refractivity contribution in [2.75, 3.05) is 56.9 Å². The van der Waals surface area contributed by atoms with E-state index in [0.29, 0.717) is 41.5 Å². The molecule has 1 unspecified atom stereocenters. The highest BCUT2D eigenvalue weighted by Gasteiger charge is 2.25. The Morgan fingerprint density at radius 2 is 1.82 bits per heavy atom. The molecule has 2 aliphatic rings. The molecule has 7 nitrogen and oxygen atoms in total. The van der Waals surface area contributed by atoms with Gasteiger partial charge in [0.25, 0.3) is 0 Å². The number of hydrogen-bond donors (Lipinski definition) is 1. The highest BCUT2D eigenvalue weighted by molar-refractivity contribution is 7.90. The van der Waals surface area contributed by atoms with Crippen LogP contribution in [0.1, 0.15) is 31.4 Å². The normalized spacial score (nSPS) is 17.8. The summed E-state index contributed by atoms with van der Waals surface area (Å²) < 4.78 is 36.6. The van der Waals surface area contributed by atoms with Crippen LogP contribution in [0.15, 0.2) is 35.2 Å². The molecular weight excluding hydrogens is 462 g/mol. The van der Waals surface area contributed by atoms with Crippen molar-refractivity contribution in [1.29, 1.82) is 0 Å². The van der Waals surface area contributed by atoms with Gasteiger partial charge in [-0.25, -0.2) is 8.42 Å². The maximum absolute atomic E-state index is 12.5. The summed E-state index contributed by atoms with van der Waals surface area (Å²) in [5, 5.41) is 3.95. The first-order valence-corrected chi connectivity index (χ1v) is 13.5. The van der Waals surface area contributed by atoms with Crippen molar-refractivity contribution < 1.29 is 17.9 Å². The Morgan fingerprint density at radius 1 is 1.12 bits per heavy atom. The summed E-state index contributed by atoms with van der Waals surface area (Å²) in [6, 6.07) is 9.44. The molecule has 0 radical (unpaired) electrons. The fourth-order valence-electron chi connectivity index (χ4n) is 4.57. The average Bonchev–Trinajstić information content (AvgIpc) is 2.77. The molecule has 4 rings (SSSR count). The standard InChI is InChI=1S/C24H32ClN3O4S/c1-16(20-13-17(25)14-22-24(20)32-12-11-31-22)26-21-15-19(5-6-23(21)33(4,29)30)28-9-7-18(8-10-28)27(2)3/h5-6,13-16,18,26H,7-12H2,1-4H3. The maximum Gasteiger partial charge on any atom is 0.177 e. The molecule has 9 heteroatoms. The zero-order chi connectivity index (χ0) is 23.8. The second kappa shape index (κ2) is 9.60. The summed E-state index contributed by atoms with van der Waals surface area (Å²) >= 11 is 6.32. The van der Waals surface area contributed by atoms with Crippen LogP contribution in [0.2, 0.25) is 5.02 Å². The molecular formula is C24H32ClN3O4S. The van der Waals surface area contributed by atoms with E-state index < -0.39 is 9.84 Å².